The van der Waals surface area contributed by atoms with Crippen molar-refractivity contribution in [3.63, 3.8) is 0 Å². The third kappa shape index (κ3) is 5.39. The summed E-state index contributed by atoms with van der Waals surface area (Å²) in [4.78, 5) is 2.57. The number of nitrogens with one attached hydrogen (secondary N) is 1. The van der Waals surface area contributed by atoms with E-state index in [-0.39, 0.29) is 10.8 Å². The number of para-hydroxylation sites is 3. The zero-order valence-electron chi connectivity index (χ0n) is 37.9. The minimum absolute atomic E-state index is 0.0451. The van der Waals surface area contributed by atoms with Crippen molar-refractivity contribution in [2.24, 2.45) is 0 Å². The molecule has 3 nitrogen and oxygen atoms in total. The van der Waals surface area contributed by atoms with Crippen molar-refractivity contribution in [3.8, 4) is 22.3 Å². The van der Waals surface area contributed by atoms with Gasteiger partial charge in [0.05, 0.1) is 11.1 Å². The van der Waals surface area contributed by atoms with Gasteiger partial charge in [-0.25, -0.2) is 0 Å². The van der Waals surface area contributed by atoms with Gasteiger partial charge in [-0.2, -0.15) is 0 Å². The maximum Gasteiger partial charge on any atom is 0.198 e. The Kier molecular flexibility index (Phi) is 8.23. The van der Waals surface area contributed by atoms with Crippen LogP contribution in [0.25, 0.3) is 44.2 Å². The van der Waals surface area contributed by atoms with Crippen LogP contribution >= 0.6 is 0 Å². The summed E-state index contributed by atoms with van der Waals surface area (Å²) in [6.07, 6.45) is 0. The third-order valence-electron chi connectivity index (χ3n) is 14.9. The van der Waals surface area contributed by atoms with Crippen LogP contribution in [0.3, 0.4) is 0 Å². The molecule has 0 atom stereocenters. The first-order valence-corrected chi connectivity index (χ1v) is 23.3. The van der Waals surface area contributed by atoms with E-state index < -0.39 is 5.41 Å². The number of furan rings is 1. The first-order valence-electron chi connectivity index (χ1n) is 23.3. The molecule has 1 radical (unpaired) electrons. The summed E-state index contributed by atoms with van der Waals surface area (Å²) in [6, 6.07) is 71.9. The topological polar surface area (TPSA) is 28.4 Å². The van der Waals surface area contributed by atoms with Gasteiger partial charge in [0.15, 0.2) is 7.28 Å². The SMILES string of the molecule is CC(C)(C)c1ccc(Nc2cc3c(cc2-c2c4c(cc5c2oc2ccccc25)N2c5ccccc5C(c5ccccc5)(c5ccccc5)c5cccc(c52)[B]4)C(C)(C)c2ccccc2-3)cc1. The second-order valence-electron chi connectivity index (χ2n) is 19.9. The highest BCUT2D eigenvalue weighted by Gasteiger charge is 2.49. The molecule has 1 aromatic heterocycles. The highest BCUT2D eigenvalue weighted by atomic mass is 16.3. The van der Waals surface area contributed by atoms with Crippen LogP contribution in [0.4, 0.5) is 28.4 Å². The molecule has 0 spiro atoms. The van der Waals surface area contributed by atoms with Gasteiger partial charge < -0.3 is 14.6 Å². The van der Waals surface area contributed by atoms with E-state index in [4.69, 9.17) is 4.42 Å². The van der Waals surface area contributed by atoms with Gasteiger partial charge in [-0.05, 0) is 103 Å². The lowest BCUT2D eigenvalue weighted by Gasteiger charge is -2.49. The summed E-state index contributed by atoms with van der Waals surface area (Å²) in [6.45, 7) is 11.6. The Bertz CT molecular complexity index is 3560. The zero-order valence-corrected chi connectivity index (χ0v) is 37.9. The molecule has 3 heterocycles. The molecule has 4 heteroatoms. The Labute approximate surface area is 387 Å². The Morgan fingerprint density at radius 2 is 1.18 bits per heavy atom. The number of hydrogen-bond donors (Lipinski definition) is 1. The fraction of sp³-hybridized carbons (Fsp3) is 0.129. The van der Waals surface area contributed by atoms with Crippen LogP contribution in [-0.4, -0.2) is 7.28 Å². The number of hydrogen-bond acceptors (Lipinski definition) is 3. The van der Waals surface area contributed by atoms with Gasteiger partial charge in [0.25, 0.3) is 0 Å². The van der Waals surface area contributed by atoms with Crippen LogP contribution in [0.15, 0.2) is 199 Å². The quantitative estimate of drug-likeness (QED) is 0.175. The van der Waals surface area contributed by atoms with Gasteiger partial charge in [-0.1, -0.05) is 192 Å². The second-order valence-corrected chi connectivity index (χ2v) is 19.9. The molecule has 3 aliphatic rings. The van der Waals surface area contributed by atoms with Crippen molar-refractivity contribution in [2.45, 2.75) is 50.9 Å². The first kappa shape index (κ1) is 38.9. The lowest BCUT2D eigenvalue weighted by atomic mass is 9.54. The van der Waals surface area contributed by atoms with Crippen LogP contribution in [0.1, 0.15) is 73.6 Å². The van der Waals surface area contributed by atoms with Crippen molar-refractivity contribution < 1.29 is 4.42 Å². The summed E-state index contributed by atoms with van der Waals surface area (Å²) >= 11 is 0. The summed E-state index contributed by atoms with van der Waals surface area (Å²) in [5.41, 5.74) is 22.6. The van der Waals surface area contributed by atoms with Gasteiger partial charge in [0, 0.05) is 50.1 Å². The molecule has 1 aliphatic carbocycles. The Hall–Kier alpha value is -7.56. The highest BCUT2D eigenvalue weighted by Crippen LogP contribution is 2.59. The normalized spacial score (nSPS) is 14.8. The average Bonchev–Trinajstić information content (AvgIpc) is 3.82. The summed E-state index contributed by atoms with van der Waals surface area (Å²) in [5.74, 6) is 0. The van der Waals surface area contributed by atoms with Crippen molar-refractivity contribution >= 4 is 68.6 Å². The molecule has 0 saturated carbocycles. The molecule has 1 N–H and O–H groups in total. The van der Waals surface area contributed by atoms with E-state index in [1.165, 1.54) is 66.9 Å². The third-order valence-corrected chi connectivity index (χ3v) is 14.9. The van der Waals surface area contributed by atoms with Crippen molar-refractivity contribution in [2.75, 3.05) is 10.2 Å². The van der Waals surface area contributed by atoms with Gasteiger partial charge in [-0.3, -0.25) is 0 Å². The molecular weight excluding hydrogens is 800 g/mol. The highest BCUT2D eigenvalue weighted by molar-refractivity contribution is 6.74. The molecule has 13 rings (SSSR count). The van der Waals surface area contributed by atoms with Gasteiger partial charge in [-0.15, -0.1) is 0 Å². The Morgan fingerprint density at radius 1 is 0.530 bits per heavy atom. The van der Waals surface area contributed by atoms with Crippen molar-refractivity contribution in [3.05, 3.63) is 233 Å². The molecule has 0 bridgehead atoms. The standard InChI is InChI=1S/C62H48BN2O/c1-60(2,3)38-31-33-41(34-32-38)64-52-36-44-42-23-12-14-25-47(42)61(4,5)50(44)35-46(52)56-57-54(37-45-43-24-13-17-30-55(43)66-59(45)56)65-53-29-16-15-26-48(53)62(39-19-8-6-9-20-39,40-21-10-7-11-22-40)49-27-18-28-51(63-57)58(49)65/h6-37,64H,1-5H3. The van der Waals surface area contributed by atoms with E-state index in [1.807, 2.05) is 0 Å². The fourth-order valence-corrected chi connectivity index (χ4v) is 11.8. The van der Waals surface area contributed by atoms with E-state index in [1.54, 1.807) is 0 Å². The molecule has 10 aromatic rings. The minimum atomic E-state index is -0.568. The smallest absolute Gasteiger partial charge is 0.198 e. The average molecular weight is 848 g/mol. The minimum Gasteiger partial charge on any atom is -0.455 e. The van der Waals surface area contributed by atoms with E-state index in [9.17, 15) is 0 Å². The predicted molar refractivity (Wildman–Crippen MR) is 277 cm³/mol. The first-order chi connectivity index (χ1) is 32.1. The van der Waals surface area contributed by atoms with Crippen LogP contribution in [0.5, 0.6) is 0 Å². The monoisotopic (exact) mass is 847 g/mol. The number of rotatable bonds is 5. The molecule has 2 aliphatic heterocycles. The van der Waals surface area contributed by atoms with E-state index in [0.717, 1.165) is 55.6 Å². The molecule has 0 fully saturated rings. The van der Waals surface area contributed by atoms with Gasteiger partial charge >= 0.3 is 0 Å². The van der Waals surface area contributed by atoms with Crippen LogP contribution in [0, 0.1) is 0 Å². The Balaban J connectivity index is 1.13. The lowest BCUT2D eigenvalue weighted by molar-refractivity contribution is 0.590. The maximum atomic E-state index is 7.14. The van der Waals surface area contributed by atoms with E-state index in [0.29, 0.717) is 0 Å². The maximum absolute atomic E-state index is 7.14. The fourth-order valence-electron chi connectivity index (χ4n) is 11.8. The molecule has 66 heavy (non-hydrogen) atoms. The van der Waals surface area contributed by atoms with Crippen molar-refractivity contribution in [1.82, 2.24) is 0 Å². The van der Waals surface area contributed by atoms with Crippen LogP contribution < -0.4 is 21.1 Å². The molecular formula is C62H48BN2O. The number of anilines is 5. The Morgan fingerprint density at radius 3 is 1.92 bits per heavy atom. The lowest BCUT2D eigenvalue weighted by Crippen LogP contribution is -2.47. The van der Waals surface area contributed by atoms with E-state index in [2.05, 4.69) is 246 Å². The number of benzene rings is 9. The van der Waals surface area contributed by atoms with E-state index >= 15 is 0 Å². The molecule has 0 saturated heterocycles. The van der Waals surface area contributed by atoms with Crippen LogP contribution in [-0.2, 0) is 16.2 Å². The zero-order chi connectivity index (χ0) is 44.5. The number of fused-ring (bicyclic) bond motifs is 10. The van der Waals surface area contributed by atoms with Crippen LogP contribution in [0.2, 0.25) is 0 Å². The summed E-state index contributed by atoms with van der Waals surface area (Å²) in [5, 5.41) is 6.20. The molecule has 315 valence electrons. The number of nitrogens with zero attached hydrogens (tertiary/aromatic N) is 1. The molecule has 9 aromatic carbocycles. The molecule has 0 unspecified atom stereocenters. The summed E-state index contributed by atoms with van der Waals surface area (Å²) in [7, 11) is 2.44. The largest absolute Gasteiger partial charge is 0.455 e. The molecule has 0 amide bonds. The van der Waals surface area contributed by atoms with Crippen molar-refractivity contribution in [1.29, 1.82) is 0 Å². The predicted octanol–water partition coefficient (Wildman–Crippen LogP) is 14.7. The van der Waals surface area contributed by atoms with Gasteiger partial charge in [0.2, 0.25) is 0 Å². The van der Waals surface area contributed by atoms with Gasteiger partial charge in [0.1, 0.15) is 11.2 Å². The second kappa shape index (κ2) is 14.0. The summed E-state index contributed by atoms with van der Waals surface area (Å²) < 4.78 is 7.14.